The van der Waals surface area contributed by atoms with Crippen LogP contribution in [-0.2, 0) is 0 Å². The summed E-state index contributed by atoms with van der Waals surface area (Å²) in [6.45, 7) is 6.49. The quantitative estimate of drug-likeness (QED) is 0.823. The summed E-state index contributed by atoms with van der Waals surface area (Å²) < 4.78 is 0. The fourth-order valence-electron chi connectivity index (χ4n) is 2.83. The summed E-state index contributed by atoms with van der Waals surface area (Å²) in [5, 5.41) is 12.7. The molecule has 110 valence electrons. The Labute approximate surface area is 116 Å². The highest BCUT2D eigenvalue weighted by atomic mass is 16.3. The Hall–Kier alpha value is -0.770. The van der Waals surface area contributed by atoms with Gasteiger partial charge in [-0.3, -0.25) is 0 Å². The molecule has 0 aliphatic heterocycles. The van der Waals surface area contributed by atoms with Crippen LogP contribution in [-0.4, -0.2) is 40.3 Å². The van der Waals surface area contributed by atoms with Crippen LogP contribution in [0.25, 0.3) is 0 Å². The largest absolute Gasteiger partial charge is 0.393 e. The number of carbonyl (C=O) groups is 1. The van der Waals surface area contributed by atoms with Gasteiger partial charge in [-0.2, -0.15) is 0 Å². The molecule has 2 saturated carbocycles. The third-order valence-electron chi connectivity index (χ3n) is 4.60. The molecule has 0 heterocycles. The molecule has 2 aliphatic rings. The van der Waals surface area contributed by atoms with Gasteiger partial charge in [0.25, 0.3) is 0 Å². The molecule has 4 nitrogen and oxygen atoms in total. The summed E-state index contributed by atoms with van der Waals surface area (Å²) in [4.78, 5) is 14.5. The summed E-state index contributed by atoms with van der Waals surface area (Å²) in [5.74, 6) is 0.486. The topological polar surface area (TPSA) is 52.6 Å². The lowest BCUT2D eigenvalue weighted by atomic mass is 9.93. The molecule has 1 unspecified atom stereocenters. The van der Waals surface area contributed by atoms with E-state index < -0.39 is 0 Å². The van der Waals surface area contributed by atoms with Crippen LogP contribution in [0.5, 0.6) is 0 Å². The Morgan fingerprint density at radius 1 is 1.11 bits per heavy atom. The average molecular weight is 268 g/mol. The Morgan fingerprint density at radius 2 is 1.68 bits per heavy atom. The van der Waals surface area contributed by atoms with Crippen LogP contribution < -0.4 is 5.32 Å². The van der Waals surface area contributed by atoms with Crippen LogP contribution in [0.1, 0.15) is 59.3 Å². The highest BCUT2D eigenvalue weighted by Gasteiger charge is 2.37. The molecule has 2 amide bonds. The number of rotatable bonds is 4. The highest BCUT2D eigenvalue weighted by Crippen LogP contribution is 2.31. The lowest BCUT2D eigenvalue weighted by molar-refractivity contribution is 0.111. The van der Waals surface area contributed by atoms with Crippen molar-refractivity contribution >= 4 is 6.03 Å². The molecule has 2 N–H and O–H groups in total. The lowest BCUT2D eigenvalue weighted by Gasteiger charge is -2.35. The number of nitrogens with zero attached hydrogens (tertiary/aromatic N) is 1. The zero-order chi connectivity index (χ0) is 14.0. The van der Waals surface area contributed by atoms with Crippen molar-refractivity contribution in [3.05, 3.63) is 0 Å². The van der Waals surface area contributed by atoms with E-state index in [9.17, 15) is 9.90 Å². The van der Waals surface area contributed by atoms with Crippen LogP contribution in [0.2, 0.25) is 0 Å². The summed E-state index contributed by atoms with van der Waals surface area (Å²) >= 11 is 0. The van der Waals surface area contributed by atoms with Gasteiger partial charge in [-0.1, -0.05) is 13.8 Å². The predicted molar refractivity (Wildman–Crippen MR) is 76.0 cm³/mol. The summed E-state index contributed by atoms with van der Waals surface area (Å²) in [7, 11) is 0. The van der Waals surface area contributed by atoms with Gasteiger partial charge in [-0.25, -0.2) is 4.79 Å². The van der Waals surface area contributed by atoms with Gasteiger partial charge in [-0.05, 0) is 51.4 Å². The van der Waals surface area contributed by atoms with E-state index in [2.05, 4.69) is 31.0 Å². The van der Waals surface area contributed by atoms with Gasteiger partial charge in [0.2, 0.25) is 0 Å². The first-order chi connectivity index (χ1) is 8.99. The number of aliphatic hydroxyl groups excluding tert-OH is 1. The summed E-state index contributed by atoms with van der Waals surface area (Å²) in [5.41, 5.74) is 0. The molecule has 0 aromatic heterocycles. The molecule has 0 aromatic carbocycles. The Kier molecular flexibility index (Phi) is 4.71. The van der Waals surface area contributed by atoms with E-state index in [1.54, 1.807) is 0 Å². The second kappa shape index (κ2) is 6.12. The lowest BCUT2D eigenvalue weighted by Crippen LogP contribution is -2.51. The van der Waals surface area contributed by atoms with Crippen LogP contribution >= 0.6 is 0 Å². The van der Waals surface area contributed by atoms with E-state index in [4.69, 9.17) is 0 Å². The molecule has 2 fully saturated rings. The minimum absolute atomic E-state index is 0.102. The molecule has 4 heteroatoms. The fourth-order valence-corrected chi connectivity index (χ4v) is 2.83. The van der Waals surface area contributed by atoms with Crippen molar-refractivity contribution in [2.75, 3.05) is 0 Å². The van der Waals surface area contributed by atoms with E-state index >= 15 is 0 Å². The standard InChI is InChI=1S/C15H28N2O2/c1-10(2)11(3)17(13-6-7-13)15(19)16-12-4-8-14(18)9-5-12/h10-14,18H,4-9H2,1-3H3,(H,16,19). The molecular weight excluding hydrogens is 240 g/mol. The number of carbonyl (C=O) groups excluding carboxylic acids is 1. The molecule has 0 spiro atoms. The van der Waals surface area contributed by atoms with Gasteiger partial charge in [-0.15, -0.1) is 0 Å². The number of hydrogen-bond acceptors (Lipinski definition) is 2. The van der Waals surface area contributed by atoms with E-state index in [1.165, 1.54) is 0 Å². The van der Waals surface area contributed by atoms with Gasteiger partial charge < -0.3 is 15.3 Å². The maximum absolute atomic E-state index is 12.5. The number of urea groups is 1. The van der Waals surface area contributed by atoms with Crippen molar-refractivity contribution < 1.29 is 9.90 Å². The van der Waals surface area contributed by atoms with Crippen molar-refractivity contribution in [2.45, 2.75) is 83.5 Å². The highest BCUT2D eigenvalue weighted by molar-refractivity contribution is 5.75. The second-order valence-corrected chi connectivity index (χ2v) is 6.58. The number of amides is 2. The first-order valence-corrected chi connectivity index (χ1v) is 7.76. The van der Waals surface area contributed by atoms with E-state index in [-0.39, 0.29) is 18.2 Å². The van der Waals surface area contributed by atoms with E-state index in [0.717, 1.165) is 38.5 Å². The van der Waals surface area contributed by atoms with Gasteiger partial charge in [0, 0.05) is 18.1 Å². The molecule has 1 atom stereocenters. The molecular formula is C15H28N2O2. The minimum Gasteiger partial charge on any atom is -0.393 e. The van der Waals surface area contributed by atoms with Crippen molar-refractivity contribution in [1.82, 2.24) is 10.2 Å². The van der Waals surface area contributed by atoms with Crippen molar-refractivity contribution in [3.63, 3.8) is 0 Å². The maximum Gasteiger partial charge on any atom is 0.318 e. The molecule has 2 rings (SSSR count). The SMILES string of the molecule is CC(C)C(C)N(C(=O)NC1CCC(O)CC1)C1CC1. The fraction of sp³-hybridized carbons (Fsp3) is 0.933. The number of nitrogens with one attached hydrogen (secondary N) is 1. The molecule has 0 bridgehead atoms. The van der Waals surface area contributed by atoms with Gasteiger partial charge in [0.05, 0.1) is 6.10 Å². The van der Waals surface area contributed by atoms with Gasteiger partial charge in [0.15, 0.2) is 0 Å². The summed E-state index contributed by atoms with van der Waals surface area (Å²) in [6.07, 6.45) is 5.56. The maximum atomic E-state index is 12.5. The van der Waals surface area contributed by atoms with Crippen LogP contribution in [0.15, 0.2) is 0 Å². The Morgan fingerprint density at radius 3 is 2.16 bits per heavy atom. The van der Waals surface area contributed by atoms with Crippen molar-refractivity contribution in [2.24, 2.45) is 5.92 Å². The zero-order valence-corrected chi connectivity index (χ0v) is 12.4. The monoisotopic (exact) mass is 268 g/mol. The number of aliphatic hydroxyl groups is 1. The van der Waals surface area contributed by atoms with Crippen LogP contribution in [0, 0.1) is 5.92 Å². The molecule has 19 heavy (non-hydrogen) atoms. The van der Waals surface area contributed by atoms with Gasteiger partial charge in [0.1, 0.15) is 0 Å². The minimum atomic E-state index is -0.165. The third-order valence-corrected chi connectivity index (χ3v) is 4.60. The average Bonchev–Trinajstić information content (AvgIpc) is 3.16. The molecule has 2 aliphatic carbocycles. The molecule has 0 radical (unpaired) electrons. The Balaban J connectivity index is 1.89. The normalized spacial score (nSPS) is 29.1. The Bertz CT molecular complexity index is 307. The first-order valence-electron chi connectivity index (χ1n) is 7.76. The smallest absolute Gasteiger partial charge is 0.318 e. The number of hydrogen-bond donors (Lipinski definition) is 2. The summed E-state index contributed by atoms with van der Waals surface area (Å²) in [6, 6.07) is 1.09. The van der Waals surface area contributed by atoms with Crippen LogP contribution in [0.4, 0.5) is 4.79 Å². The zero-order valence-electron chi connectivity index (χ0n) is 12.4. The molecule has 0 saturated heterocycles. The predicted octanol–water partition coefficient (Wildman–Crippen LogP) is 2.51. The van der Waals surface area contributed by atoms with E-state index in [1.807, 2.05) is 0 Å². The second-order valence-electron chi connectivity index (χ2n) is 6.58. The van der Waals surface area contributed by atoms with Gasteiger partial charge >= 0.3 is 6.03 Å². The van der Waals surface area contributed by atoms with E-state index in [0.29, 0.717) is 18.0 Å². The van der Waals surface area contributed by atoms with Crippen molar-refractivity contribution in [3.8, 4) is 0 Å². The first kappa shape index (κ1) is 14.6. The van der Waals surface area contributed by atoms with Crippen molar-refractivity contribution in [1.29, 1.82) is 0 Å². The van der Waals surface area contributed by atoms with Crippen LogP contribution in [0.3, 0.4) is 0 Å². The molecule has 0 aromatic rings. The third kappa shape index (κ3) is 3.85.